The van der Waals surface area contributed by atoms with Crippen LogP contribution >= 0.6 is 11.3 Å². The number of nitrogens with zero attached hydrogens (tertiary/aromatic N) is 2. The first kappa shape index (κ1) is 19.2. The Kier molecular flexibility index (Phi) is 3.96. The SMILES string of the molecule is c1cc2cc(c1)N1CCc3ccc(cc31)-c1ccc(s1)-c1ccc3ccn(c3c1)-c1cccc-2c1. The Morgan fingerprint density at radius 3 is 2.20 bits per heavy atom. The zero-order valence-corrected chi connectivity index (χ0v) is 19.9. The second-order valence-electron chi connectivity index (χ2n) is 9.47. The van der Waals surface area contributed by atoms with Gasteiger partial charge in [0.15, 0.2) is 0 Å². The van der Waals surface area contributed by atoms with Gasteiger partial charge in [0.05, 0.1) is 5.52 Å². The Morgan fingerprint density at radius 1 is 0.600 bits per heavy atom. The molecule has 0 saturated heterocycles. The van der Waals surface area contributed by atoms with E-state index in [0.717, 1.165) is 13.0 Å². The van der Waals surface area contributed by atoms with Gasteiger partial charge in [0, 0.05) is 39.6 Å². The first-order valence-corrected chi connectivity index (χ1v) is 12.9. The van der Waals surface area contributed by atoms with E-state index in [2.05, 4.69) is 119 Å². The number of fused-ring (bicyclic) bond motifs is 13. The first-order chi connectivity index (χ1) is 17.3. The highest BCUT2D eigenvalue weighted by molar-refractivity contribution is 7.18. The Hall–Kier alpha value is -4.08. The highest BCUT2D eigenvalue weighted by Gasteiger charge is 2.22. The lowest BCUT2D eigenvalue weighted by Gasteiger charge is -2.21. The molecule has 4 aromatic carbocycles. The summed E-state index contributed by atoms with van der Waals surface area (Å²) in [6.45, 7) is 1.02. The van der Waals surface area contributed by atoms with Crippen LogP contribution in [0.15, 0.2) is 109 Å². The summed E-state index contributed by atoms with van der Waals surface area (Å²) in [6, 6.07) is 38.5. The van der Waals surface area contributed by atoms with Crippen LogP contribution in [0, 0.1) is 0 Å². The van der Waals surface area contributed by atoms with E-state index < -0.39 is 0 Å². The fourth-order valence-corrected chi connectivity index (χ4v) is 6.64. The monoisotopic (exact) mass is 466 g/mol. The standard InChI is InChI=1S/C32H22N2S/c1-3-23-17-27(5-1)33-15-13-21-7-9-25(19-29(21)33)31-11-12-32(35-31)26-10-8-22-14-16-34(30(22)20-26)28-6-2-4-24(23)18-28/h1-13,15,17-20H,14,16H2. The molecule has 3 heteroatoms. The third-order valence-electron chi connectivity index (χ3n) is 7.46. The summed E-state index contributed by atoms with van der Waals surface area (Å²) in [7, 11) is 0. The van der Waals surface area contributed by atoms with E-state index in [4.69, 9.17) is 0 Å². The highest BCUT2D eigenvalue weighted by atomic mass is 32.1. The molecule has 2 aliphatic rings. The van der Waals surface area contributed by atoms with Crippen molar-refractivity contribution in [2.24, 2.45) is 0 Å². The third-order valence-corrected chi connectivity index (χ3v) is 8.65. The lowest BCUT2D eigenvalue weighted by atomic mass is 10.0. The topological polar surface area (TPSA) is 8.17 Å². The van der Waals surface area contributed by atoms with Gasteiger partial charge in [-0.1, -0.05) is 48.5 Å². The molecule has 2 aliphatic heterocycles. The van der Waals surface area contributed by atoms with Crippen molar-refractivity contribution >= 4 is 33.6 Å². The lowest BCUT2D eigenvalue weighted by Crippen LogP contribution is -2.13. The number of hydrogen-bond acceptors (Lipinski definition) is 2. The van der Waals surface area contributed by atoms with Crippen molar-refractivity contribution in [1.82, 2.24) is 4.57 Å². The molecule has 0 radical (unpaired) electrons. The van der Waals surface area contributed by atoms with Crippen LogP contribution in [0.1, 0.15) is 5.56 Å². The molecule has 0 N–H and O–H groups in total. The third kappa shape index (κ3) is 2.95. The molecule has 35 heavy (non-hydrogen) atoms. The molecule has 166 valence electrons. The zero-order valence-electron chi connectivity index (χ0n) is 19.1. The van der Waals surface area contributed by atoms with Gasteiger partial charge in [-0.2, -0.15) is 0 Å². The van der Waals surface area contributed by atoms with Crippen LogP contribution in [-0.4, -0.2) is 11.1 Å². The quantitative estimate of drug-likeness (QED) is 0.217. The van der Waals surface area contributed by atoms with Crippen LogP contribution in [-0.2, 0) is 6.42 Å². The van der Waals surface area contributed by atoms with Crippen LogP contribution in [0.4, 0.5) is 11.4 Å². The molecular weight excluding hydrogens is 444 g/mol. The molecule has 0 fully saturated rings. The van der Waals surface area contributed by atoms with Gasteiger partial charge < -0.3 is 9.47 Å². The summed E-state index contributed by atoms with van der Waals surface area (Å²) in [5.74, 6) is 0. The average Bonchev–Trinajstić information content (AvgIpc) is 3.66. The van der Waals surface area contributed by atoms with Crippen LogP contribution in [0.3, 0.4) is 0 Å². The molecule has 6 aromatic rings. The fourth-order valence-electron chi connectivity index (χ4n) is 5.64. The van der Waals surface area contributed by atoms with Crippen LogP contribution in [0.5, 0.6) is 0 Å². The Morgan fingerprint density at radius 2 is 1.34 bits per heavy atom. The van der Waals surface area contributed by atoms with Gasteiger partial charge >= 0.3 is 0 Å². The van der Waals surface area contributed by atoms with Gasteiger partial charge in [-0.3, -0.25) is 0 Å². The summed E-state index contributed by atoms with van der Waals surface area (Å²) in [6.07, 6.45) is 3.27. The lowest BCUT2D eigenvalue weighted by molar-refractivity contribution is 0.999. The Bertz CT molecular complexity index is 1770. The molecule has 8 rings (SSSR count). The number of benzene rings is 4. The van der Waals surface area contributed by atoms with Crippen LogP contribution < -0.4 is 4.90 Å². The number of rotatable bonds is 0. The van der Waals surface area contributed by atoms with Gasteiger partial charge in [0.25, 0.3) is 0 Å². The molecule has 0 spiro atoms. The minimum atomic E-state index is 1.02. The maximum atomic E-state index is 2.48. The summed E-state index contributed by atoms with van der Waals surface area (Å²) >= 11 is 1.87. The van der Waals surface area contributed by atoms with Crippen molar-refractivity contribution in [3.05, 3.63) is 115 Å². The molecule has 2 nitrogen and oxygen atoms in total. The van der Waals surface area contributed by atoms with Gasteiger partial charge in [-0.05, 0) is 94.2 Å². The zero-order chi connectivity index (χ0) is 22.9. The van der Waals surface area contributed by atoms with Gasteiger partial charge in [-0.25, -0.2) is 0 Å². The maximum absolute atomic E-state index is 2.48. The Balaban J connectivity index is 1.43. The summed E-state index contributed by atoms with van der Waals surface area (Å²) in [5.41, 5.74) is 11.5. The average molecular weight is 467 g/mol. The fraction of sp³-hybridized carbons (Fsp3) is 0.0625. The van der Waals surface area contributed by atoms with E-state index in [9.17, 15) is 0 Å². The van der Waals surface area contributed by atoms with E-state index in [1.165, 1.54) is 65.5 Å². The van der Waals surface area contributed by atoms with E-state index >= 15 is 0 Å². The number of hydrogen-bond donors (Lipinski definition) is 0. The predicted molar refractivity (Wildman–Crippen MR) is 148 cm³/mol. The Labute approximate surface area is 208 Å². The van der Waals surface area contributed by atoms with Gasteiger partial charge in [0.1, 0.15) is 0 Å². The van der Waals surface area contributed by atoms with E-state index in [-0.39, 0.29) is 0 Å². The summed E-state index contributed by atoms with van der Waals surface area (Å²) in [4.78, 5) is 5.10. The normalized spacial score (nSPS) is 13.4. The van der Waals surface area contributed by atoms with Crippen molar-refractivity contribution in [3.8, 4) is 37.7 Å². The van der Waals surface area contributed by atoms with Crippen molar-refractivity contribution < 1.29 is 0 Å². The van der Waals surface area contributed by atoms with Crippen LogP contribution in [0.25, 0.3) is 48.6 Å². The summed E-state index contributed by atoms with van der Waals surface area (Å²) in [5, 5.41) is 1.26. The van der Waals surface area contributed by atoms with Crippen molar-refractivity contribution in [3.63, 3.8) is 0 Å². The number of anilines is 2. The maximum Gasteiger partial charge on any atom is 0.0534 e. The number of aromatic nitrogens is 1. The van der Waals surface area contributed by atoms with Crippen molar-refractivity contribution in [1.29, 1.82) is 0 Å². The molecule has 0 saturated carbocycles. The highest BCUT2D eigenvalue weighted by Crippen LogP contribution is 2.42. The molecule has 0 aliphatic carbocycles. The molecule has 4 heterocycles. The molecule has 0 atom stereocenters. The smallest absolute Gasteiger partial charge is 0.0534 e. The molecular formula is C32H22N2S. The minimum Gasteiger partial charge on any atom is -0.341 e. The minimum absolute atomic E-state index is 1.02. The summed E-state index contributed by atoms with van der Waals surface area (Å²) < 4.78 is 2.31. The molecule has 0 amide bonds. The van der Waals surface area contributed by atoms with Gasteiger partial charge in [0.2, 0.25) is 0 Å². The van der Waals surface area contributed by atoms with Crippen LogP contribution in [0.2, 0.25) is 0 Å². The second kappa shape index (κ2) is 7.21. The van der Waals surface area contributed by atoms with E-state index in [1.807, 2.05) is 11.3 Å². The first-order valence-electron chi connectivity index (χ1n) is 12.1. The largest absolute Gasteiger partial charge is 0.341 e. The van der Waals surface area contributed by atoms with Crippen molar-refractivity contribution in [2.45, 2.75) is 6.42 Å². The van der Waals surface area contributed by atoms with Crippen molar-refractivity contribution in [2.75, 3.05) is 11.4 Å². The van der Waals surface area contributed by atoms with E-state index in [0.29, 0.717) is 0 Å². The van der Waals surface area contributed by atoms with Gasteiger partial charge in [-0.15, -0.1) is 11.3 Å². The molecule has 2 aromatic heterocycles. The second-order valence-corrected chi connectivity index (χ2v) is 10.6. The van der Waals surface area contributed by atoms with E-state index in [1.54, 1.807) is 0 Å². The molecule has 10 bridgehead atoms. The predicted octanol–water partition coefficient (Wildman–Crippen LogP) is 8.70. The number of thiophene rings is 1. The molecule has 0 unspecified atom stereocenters.